The van der Waals surface area contributed by atoms with Crippen molar-refractivity contribution < 1.29 is 14.0 Å². The van der Waals surface area contributed by atoms with E-state index in [-0.39, 0.29) is 5.97 Å². The van der Waals surface area contributed by atoms with Gasteiger partial charge in [-0.2, -0.15) is 0 Å². The molecule has 1 aromatic carbocycles. The van der Waals surface area contributed by atoms with Gasteiger partial charge in [-0.15, -0.1) is 0 Å². The largest absolute Gasteiger partial charge is 0.459 e. The lowest BCUT2D eigenvalue weighted by Gasteiger charge is -2.30. The third-order valence-electron chi connectivity index (χ3n) is 3.00. The van der Waals surface area contributed by atoms with Gasteiger partial charge < -0.3 is 9.22 Å². The van der Waals surface area contributed by atoms with Gasteiger partial charge in [0, 0.05) is 5.56 Å². The Bertz CT molecular complexity index is 405. The molecule has 0 amide bonds. The van der Waals surface area contributed by atoms with Crippen LogP contribution < -0.4 is 0 Å². The SMILES string of the molecule is CC(C)(C)C(=O)OCC[N+](C)(C)Cc1ccccc1. The summed E-state index contributed by atoms with van der Waals surface area (Å²) >= 11 is 0. The predicted octanol–water partition coefficient (Wildman–Crippen LogP) is 2.85. The second kappa shape index (κ2) is 6.20. The summed E-state index contributed by atoms with van der Waals surface area (Å²) in [7, 11) is 4.30. The van der Waals surface area contributed by atoms with Crippen LogP contribution >= 0.6 is 0 Å². The number of ether oxygens (including phenoxy) is 1. The Morgan fingerprint density at radius 2 is 1.74 bits per heavy atom. The lowest BCUT2D eigenvalue weighted by Crippen LogP contribution is -2.42. The number of likely N-dealkylation sites (N-methyl/N-ethyl adjacent to an activating group) is 1. The zero-order valence-electron chi connectivity index (χ0n) is 12.8. The monoisotopic (exact) mass is 264 g/mol. The average Bonchev–Trinajstić information content (AvgIpc) is 2.28. The number of rotatable bonds is 5. The fourth-order valence-corrected chi connectivity index (χ4v) is 1.76. The topological polar surface area (TPSA) is 26.3 Å². The number of hydrogen-bond acceptors (Lipinski definition) is 2. The summed E-state index contributed by atoms with van der Waals surface area (Å²) in [4.78, 5) is 11.7. The van der Waals surface area contributed by atoms with Gasteiger partial charge in [-0.25, -0.2) is 0 Å². The highest BCUT2D eigenvalue weighted by atomic mass is 16.5. The molecule has 1 aromatic rings. The second-order valence-electron chi connectivity index (χ2n) is 6.69. The number of quaternary nitrogens is 1. The van der Waals surface area contributed by atoms with Crippen LogP contribution in [0.2, 0.25) is 0 Å². The Kier molecular flexibility index (Phi) is 5.12. The minimum Gasteiger partial charge on any atom is -0.459 e. The normalized spacial score (nSPS) is 12.3. The molecular formula is C16H26NO2+. The highest BCUT2D eigenvalue weighted by Gasteiger charge is 2.24. The molecule has 19 heavy (non-hydrogen) atoms. The van der Waals surface area contributed by atoms with E-state index in [1.807, 2.05) is 26.8 Å². The molecule has 0 unspecified atom stereocenters. The van der Waals surface area contributed by atoms with Crippen molar-refractivity contribution in [3.63, 3.8) is 0 Å². The molecule has 1 rings (SSSR count). The average molecular weight is 264 g/mol. The van der Waals surface area contributed by atoms with Gasteiger partial charge in [0.05, 0.1) is 19.5 Å². The van der Waals surface area contributed by atoms with Crippen molar-refractivity contribution in [2.75, 3.05) is 27.2 Å². The molecule has 0 radical (unpaired) electrons. The molecule has 0 aliphatic rings. The van der Waals surface area contributed by atoms with Crippen molar-refractivity contribution in [3.05, 3.63) is 35.9 Å². The van der Waals surface area contributed by atoms with Crippen LogP contribution in [0.3, 0.4) is 0 Å². The molecule has 0 aliphatic heterocycles. The van der Waals surface area contributed by atoms with Crippen molar-refractivity contribution in [2.45, 2.75) is 27.3 Å². The number of nitrogens with zero attached hydrogens (tertiary/aromatic N) is 1. The summed E-state index contributed by atoms with van der Waals surface area (Å²) in [5.41, 5.74) is 0.881. The molecule has 0 heterocycles. The predicted molar refractivity (Wildman–Crippen MR) is 77.5 cm³/mol. The van der Waals surface area contributed by atoms with E-state index >= 15 is 0 Å². The van der Waals surface area contributed by atoms with E-state index in [9.17, 15) is 4.79 Å². The van der Waals surface area contributed by atoms with Crippen LogP contribution in [0.4, 0.5) is 0 Å². The number of carbonyl (C=O) groups is 1. The molecule has 0 spiro atoms. The fraction of sp³-hybridized carbons (Fsp3) is 0.562. The molecule has 0 saturated heterocycles. The molecule has 0 atom stereocenters. The molecule has 0 aliphatic carbocycles. The van der Waals surface area contributed by atoms with Crippen LogP contribution in [0.15, 0.2) is 30.3 Å². The molecule has 106 valence electrons. The molecule has 0 fully saturated rings. The van der Waals surface area contributed by atoms with Gasteiger partial charge in [0.15, 0.2) is 0 Å². The van der Waals surface area contributed by atoms with Crippen LogP contribution in [0.1, 0.15) is 26.3 Å². The maximum Gasteiger partial charge on any atom is 0.311 e. The number of carbonyl (C=O) groups excluding carboxylic acids is 1. The number of esters is 1. The highest BCUT2D eigenvalue weighted by molar-refractivity contribution is 5.75. The van der Waals surface area contributed by atoms with Crippen LogP contribution in [0.5, 0.6) is 0 Å². The van der Waals surface area contributed by atoms with Crippen molar-refractivity contribution in [3.8, 4) is 0 Å². The lowest BCUT2D eigenvalue weighted by atomic mass is 9.97. The quantitative estimate of drug-likeness (QED) is 0.604. The van der Waals surface area contributed by atoms with E-state index in [4.69, 9.17) is 4.74 Å². The van der Waals surface area contributed by atoms with Crippen LogP contribution in [-0.2, 0) is 16.1 Å². The summed E-state index contributed by atoms with van der Waals surface area (Å²) in [6.45, 7) is 7.85. The summed E-state index contributed by atoms with van der Waals surface area (Å²) < 4.78 is 6.13. The Morgan fingerprint density at radius 1 is 1.16 bits per heavy atom. The smallest absolute Gasteiger partial charge is 0.311 e. The first-order chi connectivity index (χ1) is 8.71. The molecule has 0 saturated carbocycles. The van der Waals surface area contributed by atoms with E-state index in [0.29, 0.717) is 6.61 Å². The Morgan fingerprint density at radius 3 is 2.26 bits per heavy atom. The van der Waals surface area contributed by atoms with Gasteiger partial charge in [0.25, 0.3) is 0 Å². The summed E-state index contributed by atoms with van der Waals surface area (Å²) in [5, 5.41) is 0. The minimum absolute atomic E-state index is 0.132. The molecule has 0 bridgehead atoms. The van der Waals surface area contributed by atoms with Gasteiger partial charge in [-0.05, 0) is 20.8 Å². The van der Waals surface area contributed by atoms with E-state index in [1.165, 1.54) is 5.56 Å². The summed E-state index contributed by atoms with van der Waals surface area (Å²) in [6, 6.07) is 10.4. The van der Waals surface area contributed by atoms with Gasteiger partial charge in [0.2, 0.25) is 0 Å². The number of hydrogen-bond donors (Lipinski definition) is 0. The summed E-state index contributed by atoms with van der Waals surface area (Å²) in [6.07, 6.45) is 0. The first kappa shape index (κ1) is 15.7. The molecule has 0 N–H and O–H groups in total. The fourth-order valence-electron chi connectivity index (χ4n) is 1.76. The Labute approximate surface area is 116 Å². The van der Waals surface area contributed by atoms with E-state index in [0.717, 1.165) is 17.6 Å². The zero-order valence-corrected chi connectivity index (χ0v) is 12.8. The van der Waals surface area contributed by atoms with Crippen molar-refractivity contribution in [2.24, 2.45) is 5.41 Å². The zero-order chi connectivity index (χ0) is 14.5. The first-order valence-corrected chi connectivity index (χ1v) is 6.74. The lowest BCUT2D eigenvalue weighted by molar-refractivity contribution is -0.903. The molecule has 0 aromatic heterocycles. The van der Waals surface area contributed by atoms with Crippen molar-refractivity contribution in [1.82, 2.24) is 0 Å². The summed E-state index contributed by atoms with van der Waals surface area (Å²) in [5.74, 6) is -0.132. The Balaban J connectivity index is 2.41. The highest BCUT2D eigenvalue weighted by Crippen LogP contribution is 2.15. The number of benzene rings is 1. The van der Waals surface area contributed by atoms with Gasteiger partial charge in [-0.3, -0.25) is 4.79 Å². The van der Waals surface area contributed by atoms with Crippen molar-refractivity contribution in [1.29, 1.82) is 0 Å². The maximum absolute atomic E-state index is 11.7. The van der Waals surface area contributed by atoms with Crippen molar-refractivity contribution >= 4 is 5.97 Å². The second-order valence-corrected chi connectivity index (χ2v) is 6.69. The molecule has 3 heteroatoms. The maximum atomic E-state index is 11.7. The van der Waals surface area contributed by atoms with Gasteiger partial charge >= 0.3 is 5.97 Å². The molecule has 3 nitrogen and oxygen atoms in total. The van der Waals surface area contributed by atoms with Gasteiger partial charge in [-0.1, -0.05) is 30.3 Å². The van der Waals surface area contributed by atoms with Gasteiger partial charge in [0.1, 0.15) is 19.7 Å². The van der Waals surface area contributed by atoms with E-state index in [1.54, 1.807) is 0 Å². The van der Waals surface area contributed by atoms with Crippen LogP contribution in [0, 0.1) is 5.41 Å². The Hall–Kier alpha value is -1.35. The van der Waals surface area contributed by atoms with E-state index < -0.39 is 5.41 Å². The third-order valence-corrected chi connectivity index (χ3v) is 3.00. The first-order valence-electron chi connectivity index (χ1n) is 6.74. The van der Waals surface area contributed by atoms with E-state index in [2.05, 4.69) is 38.4 Å². The van der Waals surface area contributed by atoms with Crippen LogP contribution in [0.25, 0.3) is 0 Å². The third kappa shape index (κ3) is 5.88. The standard InChI is InChI=1S/C16H26NO2/c1-16(2,3)15(18)19-12-11-17(4,5)13-14-9-7-6-8-10-14/h6-10H,11-13H2,1-5H3/q+1. The minimum atomic E-state index is -0.420. The molecular weight excluding hydrogens is 238 g/mol. The van der Waals surface area contributed by atoms with Crippen LogP contribution in [-0.4, -0.2) is 37.7 Å².